The zero-order valence-electron chi connectivity index (χ0n) is 10.4. The van der Waals surface area contributed by atoms with E-state index in [2.05, 4.69) is 10.1 Å². The Bertz CT molecular complexity index is 909. The fourth-order valence-corrected chi connectivity index (χ4v) is 2.67. The molecule has 1 amide bonds. The lowest BCUT2D eigenvalue weighted by molar-refractivity contribution is 0.100. The van der Waals surface area contributed by atoms with Crippen molar-refractivity contribution in [2.45, 2.75) is 0 Å². The first-order valence-electron chi connectivity index (χ1n) is 5.83. The van der Waals surface area contributed by atoms with E-state index in [0.29, 0.717) is 21.3 Å². The molecular weight excluding hydrogens is 315 g/mol. The summed E-state index contributed by atoms with van der Waals surface area (Å²) < 4.78 is 1.48. The number of hydrogen-bond acceptors (Lipinski definition) is 3. The first-order chi connectivity index (χ1) is 9.97. The number of nitrogens with one attached hydrogen (secondary N) is 1. The van der Waals surface area contributed by atoms with E-state index < -0.39 is 11.3 Å². The normalized spacial score (nSPS) is 11.0. The van der Waals surface area contributed by atoms with Gasteiger partial charge in [-0.15, -0.1) is 0 Å². The Kier molecular flexibility index (Phi) is 3.19. The van der Waals surface area contributed by atoms with Gasteiger partial charge in [-0.25, -0.2) is 9.50 Å². The number of hydrogen-bond donors (Lipinski definition) is 2. The Hall–Kier alpha value is -2.31. The number of nitrogens with zero attached hydrogens (tertiary/aromatic N) is 2. The molecule has 0 aliphatic carbocycles. The van der Waals surface area contributed by atoms with Crippen LogP contribution >= 0.6 is 23.2 Å². The van der Waals surface area contributed by atoms with Crippen molar-refractivity contribution in [1.29, 1.82) is 0 Å². The fourth-order valence-electron chi connectivity index (χ4n) is 2.14. The molecule has 0 saturated heterocycles. The van der Waals surface area contributed by atoms with Crippen LogP contribution in [0.3, 0.4) is 0 Å². The van der Waals surface area contributed by atoms with Crippen molar-refractivity contribution in [3.05, 3.63) is 56.4 Å². The fraction of sp³-hybridized carbons (Fsp3) is 0. The molecule has 3 N–H and O–H groups in total. The Morgan fingerprint density at radius 1 is 1.19 bits per heavy atom. The van der Waals surface area contributed by atoms with Gasteiger partial charge in [-0.3, -0.25) is 14.7 Å². The molecule has 2 heterocycles. The molecule has 0 fully saturated rings. The van der Waals surface area contributed by atoms with E-state index >= 15 is 0 Å². The summed E-state index contributed by atoms with van der Waals surface area (Å²) in [6, 6.07) is 6.17. The number of H-pyrrole nitrogens is 1. The number of rotatable bonds is 2. The molecule has 8 heteroatoms. The second-order valence-electron chi connectivity index (χ2n) is 4.34. The minimum Gasteiger partial charge on any atom is -0.365 e. The monoisotopic (exact) mass is 322 g/mol. The van der Waals surface area contributed by atoms with Gasteiger partial charge in [0.25, 0.3) is 5.91 Å². The van der Waals surface area contributed by atoms with Crippen LogP contribution in [0.25, 0.3) is 16.9 Å². The van der Waals surface area contributed by atoms with Crippen molar-refractivity contribution in [3.63, 3.8) is 0 Å². The summed E-state index contributed by atoms with van der Waals surface area (Å²) in [6.07, 6.45) is 1.36. The topological polar surface area (TPSA) is 93.3 Å². The van der Waals surface area contributed by atoms with Crippen LogP contribution in [-0.4, -0.2) is 20.5 Å². The van der Waals surface area contributed by atoms with Gasteiger partial charge >= 0.3 is 0 Å². The van der Waals surface area contributed by atoms with Crippen LogP contribution in [0.1, 0.15) is 10.4 Å². The number of halogens is 2. The standard InChI is InChI=1S/C13H8Cl2N4O2/c14-7-1-6(2-8(15)3-7)9-4-10(20)11(12(16)21)13-17-5-18-19(9)13/h1-5H,(H2,16,21)(H,17,18). The Labute approximate surface area is 128 Å². The SMILES string of the molecule is NC(=O)c1c(=O)cc(-c2cc(Cl)cc(Cl)c2)n2[nH]cnc12. The highest BCUT2D eigenvalue weighted by Gasteiger charge is 2.17. The van der Waals surface area contributed by atoms with E-state index in [1.54, 1.807) is 18.2 Å². The quantitative estimate of drug-likeness (QED) is 0.756. The second kappa shape index (κ2) is 4.91. The van der Waals surface area contributed by atoms with Crippen LogP contribution in [-0.2, 0) is 0 Å². The number of carbonyl (C=O) groups is 1. The maximum absolute atomic E-state index is 12.1. The number of carbonyl (C=O) groups excluding carboxylic acids is 1. The Morgan fingerprint density at radius 3 is 2.48 bits per heavy atom. The summed E-state index contributed by atoms with van der Waals surface area (Å²) in [4.78, 5) is 27.5. The molecule has 0 bridgehead atoms. The van der Waals surface area contributed by atoms with Gasteiger partial charge in [0.05, 0.1) is 5.69 Å². The van der Waals surface area contributed by atoms with Gasteiger partial charge < -0.3 is 5.73 Å². The third kappa shape index (κ3) is 2.28. The zero-order valence-corrected chi connectivity index (χ0v) is 11.9. The van der Waals surface area contributed by atoms with Gasteiger partial charge in [-0.2, -0.15) is 0 Å². The molecule has 0 atom stereocenters. The molecule has 0 radical (unpaired) electrons. The maximum atomic E-state index is 12.1. The third-order valence-corrected chi connectivity index (χ3v) is 3.41. The Balaban J connectivity index is 2.39. The molecule has 0 aliphatic heterocycles. The molecule has 1 aromatic carbocycles. The molecule has 3 rings (SSSR count). The molecule has 21 heavy (non-hydrogen) atoms. The van der Waals surface area contributed by atoms with Crippen molar-refractivity contribution in [1.82, 2.24) is 14.6 Å². The van der Waals surface area contributed by atoms with E-state index in [-0.39, 0.29) is 11.2 Å². The Morgan fingerprint density at radius 2 is 1.86 bits per heavy atom. The molecule has 0 spiro atoms. The summed E-state index contributed by atoms with van der Waals surface area (Å²) in [5.41, 5.74) is 5.78. The van der Waals surface area contributed by atoms with Crippen molar-refractivity contribution < 1.29 is 4.79 Å². The van der Waals surface area contributed by atoms with E-state index in [1.807, 2.05) is 0 Å². The van der Waals surface area contributed by atoms with E-state index in [1.165, 1.54) is 16.9 Å². The van der Waals surface area contributed by atoms with E-state index in [9.17, 15) is 9.59 Å². The molecule has 2 aromatic heterocycles. The van der Waals surface area contributed by atoms with Gasteiger partial charge in [0.15, 0.2) is 11.1 Å². The van der Waals surface area contributed by atoms with E-state index in [4.69, 9.17) is 28.9 Å². The predicted octanol–water partition coefficient (Wildman–Crippen LogP) is 2.10. The molecule has 0 aliphatic rings. The van der Waals surface area contributed by atoms with Crippen molar-refractivity contribution in [2.75, 3.05) is 0 Å². The predicted molar refractivity (Wildman–Crippen MR) is 79.8 cm³/mol. The lowest BCUT2D eigenvalue weighted by Gasteiger charge is -2.08. The van der Waals surface area contributed by atoms with Gasteiger partial charge in [0, 0.05) is 21.7 Å². The number of pyridine rings is 1. The highest BCUT2D eigenvalue weighted by atomic mass is 35.5. The van der Waals surface area contributed by atoms with Gasteiger partial charge in [0.1, 0.15) is 11.9 Å². The second-order valence-corrected chi connectivity index (χ2v) is 5.21. The molecule has 6 nitrogen and oxygen atoms in total. The van der Waals surface area contributed by atoms with Crippen LogP contribution in [0.4, 0.5) is 0 Å². The zero-order chi connectivity index (χ0) is 15.1. The van der Waals surface area contributed by atoms with Crippen LogP contribution in [0.2, 0.25) is 10.0 Å². The summed E-state index contributed by atoms with van der Waals surface area (Å²) in [5.74, 6) is -0.833. The number of fused-ring (bicyclic) bond motifs is 1. The number of benzene rings is 1. The third-order valence-electron chi connectivity index (χ3n) is 2.97. The average Bonchev–Trinajstić information content (AvgIpc) is 2.84. The number of amides is 1. The first kappa shape index (κ1) is 13.7. The minimum atomic E-state index is -0.833. The summed E-state index contributed by atoms with van der Waals surface area (Å²) >= 11 is 11.9. The maximum Gasteiger partial charge on any atom is 0.256 e. The van der Waals surface area contributed by atoms with Crippen LogP contribution in [0, 0.1) is 0 Å². The average molecular weight is 323 g/mol. The summed E-state index contributed by atoms with van der Waals surface area (Å²) in [7, 11) is 0. The van der Waals surface area contributed by atoms with Gasteiger partial charge in [-0.1, -0.05) is 23.2 Å². The van der Waals surface area contributed by atoms with Gasteiger partial charge in [0.2, 0.25) is 0 Å². The first-order valence-corrected chi connectivity index (χ1v) is 6.58. The molecule has 3 aromatic rings. The van der Waals surface area contributed by atoms with Crippen LogP contribution in [0.5, 0.6) is 0 Å². The number of nitrogens with two attached hydrogens (primary N) is 1. The molecular formula is C13H8Cl2N4O2. The summed E-state index contributed by atoms with van der Waals surface area (Å²) in [6.45, 7) is 0. The molecule has 0 saturated carbocycles. The highest BCUT2D eigenvalue weighted by Crippen LogP contribution is 2.27. The smallest absolute Gasteiger partial charge is 0.256 e. The largest absolute Gasteiger partial charge is 0.365 e. The number of aromatic nitrogens is 3. The van der Waals surface area contributed by atoms with Crippen molar-refractivity contribution in [2.24, 2.45) is 5.73 Å². The number of primary amides is 1. The minimum absolute atomic E-state index is 0.154. The van der Waals surface area contributed by atoms with Crippen molar-refractivity contribution in [3.8, 4) is 11.3 Å². The van der Waals surface area contributed by atoms with Crippen LogP contribution < -0.4 is 11.2 Å². The number of aromatic amines is 1. The summed E-state index contributed by atoms with van der Waals surface area (Å²) in [5, 5.41) is 3.68. The van der Waals surface area contributed by atoms with Crippen molar-refractivity contribution >= 4 is 34.8 Å². The highest BCUT2D eigenvalue weighted by molar-refractivity contribution is 6.35. The molecule has 106 valence electrons. The lowest BCUT2D eigenvalue weighted by atomic mass is 10.1. The molecule has 0 unspecified atom stereocenters. The lowest BCUT2D eigenvalue weighted by Crippen LogP contribution is -2.23. The van der Waals surface area contributed by atoms with Gasteiger partial charge in [-0.05, 0) is 18.2 Å². The van der Waals surface area contributed by atoms with Crippen LogP contribution in [0.15, 0.2) is 35.4 Å². The van der Waals surface area contributed by atoms with E-state index in [0.717, 1.165) is 0 Å².